The van der Waals surface area contributed by atoms with Crippen molar-refractivity contribution in [2.45, 2.75) is 24.2 Å². The quantitative estimate of drug-likeness (QED) is 0.539. The van der Waals surface area contributed by atoms with Crippen LogP contribution < -0.4 is 15.4 Å². The average molecular weight is 476 g/mol. The Labute approximate surface area is 194 Å². The Hall–Kier alpha value is -2.95. The second-order valence-corrected chi connectivity index (χ2v) is 9.51. The minimum Gasteiger partial charge on any atom is -0.496 e. The highest BCUT2D eigenvalue weighted by molar-refractivity contribution is 7.89. The van der Waals surface area contributed by atoms with Gasteiger partial charge in [0.05, 0.1) is 35.4 Å². The lowest BCUT2D eigenvalue weighted by molar-refractivity contribution is 0.0938. The van der Waals surface area contributed by atoms with Crippen molar-refractivity contribution >= 4 is 27.5 Å². The zero-order valence-corrected chi connectivity index (χ0v) is 19.6. The molecule has 0 atom stereocenters. The third kappa shape index (κ3) is 5.89. The normalized spacial score (nSPS) is 14.5. The molecule has 2 aromatic carbocycles. The van der Waals surface area contributed by atoms with Crippen molar-refractivity contribution in [2.75, 3.05) is 45.8 Å². The van der Waals surface area contributed by atoms with E-state index in [1.807, 2.05) is 0 Å². The molecule has 178 valence electrons. The summed E-state index contributed by atoms with van der Waals surface area (Å²) in [5.41, 5.74) is 0.631. The van der Waals surface area contributed by atoms with Gasteiger partial charge in [-0.25, -0.2) is 8.42 Å². The van der Waals surface area contributed by atoms with Crippen molar-refractivity contribution in [1.82, 2.24) is 9.62 Å². The van der Waals surface area contributed by atoms with E-state index in [4.69, 9.17) is 9.47 Å². The number of benzene rings is 2. The standard InChI is InChI=1S/C23H29N3O6S/c1-31-15-12-24-22(27)18-8-4-5-9-20(18)25-23(28)19-16-17(10-11-21(19)32-2)33(29,30)26-13-6-3-7-14-26/h4-5,8-11,16H,3,6-7,12-15H2,1-2H3,(H,24,27)(H,25,28). The summed E-state index contributed by atoms with van der Waals surface area (Å²) in [7, 11) is -0.789. The molecule has 10 heteroatoms. The van der Waals surface area contributed by atoms with Crippen molar-refractivity contribution in [3.8, 4) is 5.75 Å². The number of ether oxygens (including phenoxy) is 2. The number of hydrogen-bond donors (Lipinski definition) is 2. The van der Waals surface area contributed by atoms with E-state index in [1.165, 1.54) is 36.7 Å². The number of amides is 2. The van der Waals surface area contributed by atoms with Crippen molar-refractivity contribution in [3.05, 3.63) is 53.6 Å². The van der Waals surface area contributed by atoms with E-state index in [0.717, 1.165) is 19.3 Å². The van der Waals surface area contributed by atoms with Crippen LogP contribution in [0, 0.1) is 0 Å². The number of nitrogens with zero attached hydrogens (tertiary/aromatic N) is 1. The third-order valence-corrected chi connectivity index (χ3v) is 7.27. The van der Waals surface area contributed by atoms with Crippen molar-refractivity contribution < 1.29 is 27.5 Å². The number of nitrogens with one attached hydrogen (secondary N) is 2. The molecular formula is C23H29N3O6S. The van der Waals surface area contributed by atoms with Gasteiger partial charge in [0.1, 0.15) is 5.75 Å². The van der Waals surface area contributed by atoms with Crippen LogP contribution in [-0.2, 0) is 14.8 Å². The summed E-state index contributed by atoms with van der Waals surface area (Å²) in [5.74, 6) is -0.719. The van der Waals surface area contributed by atoms with Crippen LogP contribution in [0.1, 0.15) is 40.0 Å². The average Bonchev–Trinajstić information content (AvgIpc) is 2.84. The molecule has 0 unspecified atom stereocenters. The zero-order valence-electron chi connectivity index (χ0n) is 18.8. The molecule has 1 aliphatic heterocycles. The first kappa shape index (κ1) is 24.7. The predicted molar refractivity (Wildman–Crippen MR) is 124 cm³/mol. The van der Waals surface area contributed by atoms with Crippen LogP contribution in [0.2, 0.25) is 0 Å². The molecule has 1 aliphatic rings. The van der Waals surface area contributed by atoms with E-state index in [2.05, 4.69) is 10.6 Å². The summed E-state index contributed by atoms with van der Waals surface area (Å²) in [4.78, 5) is 25.7. The summed E-state index contributed by atoms with van der Waals surface area (Å²) >= 11 is 0. The molecular weight excluding hydrogens is 446 g/mol. The van der Waals surface area contributed by atoms with Gasteiger partial charge in [-0.05, 0) is 43.2 Å². The van der Waals surface area contributed by atoms with Gasteiger partial charge in [-0.1, -0.05) is 18.6 Å². The molecule has 0 spiro atoms. The maximum atomic E-state index is 13.1. The van der Waals surface area contributed by atoms with Crippen molar-refractivity contribution in [2.24, 2.45) is 0 Å². The van der Waals surface area contributed by atoms with E-state index >= 15 is 0 Å². The molecule has 2 aromatic rings. The molecule has 1 fully saturated rings. The second-order valence-electron chi connectivity index (χ2n) is 7.58. The predicted octanol–water partition coefficient (Wildman–Crippen LogP) is 2.50. The van der Waals surface area contributed by atoms with Gasteiger partial charge < -0.3 is 20.1 Å². The van der Waals surface area contributed by atoms with Gasteiger partial charge in [0, 0.05) is 26.7 Å². The van der Waals surface area contributed by atoms with Crippen molar-refractivity contribution in [3.63, 3.8) is 0 Å². The lowest BCUT2D eigenvalue weighted by Crippen LogP contribution is -2.35. The molecule has 2 N–H and O–H groups in total. The maximum Gasteiger partial charge on any atom is 0.259 e. The summed E-state index contributed by atoms with van der Waals surface area (Å²) in [6.45, 7) is 1.60. The highest BCUT2D eigenvalue weighted by Crippen LogP contribution is 2.27. The minimum atomic E-state index is -3.73. The number of rotatable bonds is 9. The Balaban J connectivity index is 1.87. The van der Waals surface area contributed by atoms with E-state index in [1.54, 1.807) is 24.3 Å². The largest absolute Gasteiger partial charge is 0.496 e. The maximum absolute atomic E-state index is 13.1. The molecule has 0 aromatic heterocycles. The molecule has 9 nitrogen and oxygen atoms in total. The monoisotopic (exact) mass is 475 g/mol. The molecule has 0 aliphatic carbocycles. The van der Waals surface area contributed by atoms with E-state index in [0.29, 0.717) is 31.9 Å². The molecule has 0 bridgehead atoms. The van der Waals surface area contributed by atoms with Crippen LogP contribution in [0.4, 0.5) is 5.69 Å². The Kier molecular flexibility index (Phi) is 8.43. The SMILES string of the molecule is COCCNC(=O)c1ccccc1NC(=O)c1cc(S(=O)(=O)N2CCCCC2)ccc1OC. The molecule has 3 rings (SSSR count). The second kappa shape index (κ2) is 11.3. The number of piperidine rings is 1. The number of para-hydroxylation sites is 1. The number of carbonyl (C=O) groups is 2. The molecule has 0 saturated carbocycles. The fraction of sp³-hybridized carbons (Fsp3) is 0.391. The first-order chi connectivity index (χ1) is 15.9. The molecule has 1 heterocycles. The Morgan fingerprint density at radius 1 is 0.970 bits per heavy atom. The topological polar surface area (TPSA) is 114 Å². The Morgan fingerprint density at radius 3 is 2.39 bits per heavy atom. The fourth-order valence-corrected chi connectivity index (χ4v) is 5.16. The Morgan fingerprint density at radius 2 is 1.70 bits per heavy atom. The van der Waals surface area contributed by atoms with Gasteiger partial charge in [0.2, 0.25) is 10.0 Å². The van der Waals surface area contributed by atoms with Gasteiger partial charge in [-0.3, -0.25) is 9.59 Å². The first-order valence-electron chi connectivity index (χ1n) is 10.7. The van der Waals surface area contributed by atoms with Gasteiger partial charge in [-0.2, -0.15) is 4.31 Å². The number of anilines is 1. The van der Waals surface area contributed by atoms with Crippen LogP contribution in [0.25, 0.3) is 0 Å². The number of carbonyl (C=O) groups excluding carboxylic acids is 2. The van der Waals surface area contributed by atoms with E-state index in [-0.39, 0.29) is 27.7 Å². The lowest BCUT2D eigenvalue weighted by Gasteiger charge is -2.26. The fourth-order valence-electron chi connectivity index (χ4n) is 3.62. The summed E-state index contributed by atoms with van der Waals surface area (Å²) in [6.07, 6.45) is 2.62. The number of sulfonamides is 1. The summed E-state index contributed by atoms with van der Waals surface area (Å²) in [6, 6.07) is 10.8. The smallest absolute Gasteiger partial charge is 0.259 e. The first-order valence-corrected chi connectivity index (χ1v) is 12.2. The van der Waals surface area contributed by atoms with Crippen LogP contribution in [-0.4, -0.2) is 65.0 Å². The van der Waals surface area contributed by atoms with Crippen LogP contribution in [0.5, 0.6) is 5.75 Å². The van der Waals surface area contributed by atoms with E-state index in [9.17, 15) is 18.0 Å². The highest BCUT2D eigenvalue weighted by Gasteiger charge is 2.28. The van der Waals surface area contributed by atoms with Gasteiger partial charge in [0.15, 0.2) is 0 Å². The summed E-state index contributed by atoms with van der Waals surface area (Å²) in [5, 5.41) is 5.43. The Bertz CT molecular complexity index is 1100. The number of methoxy groups -OCH3 is 2. The third-order valence-electron chi connectivity index (χ3n) is 5.38. The molecule has 33 heavy (non-hydrogen) atoms. The molecule has 0 radical (unpaired) electrons. The van der Waals surface area contributed by atoms with Gasteiger partial charge in [-0.15, -0.1) is 0 Å². The lowest BCUT2D eigenvalue weighted by atomic mass is 10.1. The van der Waals surface area contributed by atoms with E-state index < -0.39 is 15.9 Å². The highest BCUT2D eigenvalue weighted by atomic mass is 32.2. The molecule has 2 amide bonds. The zero-order chi connectivity index (χ0) is 23.8. The van der Waals surface area contributed by atoms with Gasteiger partial charge >= 0.3 is 0 Å². The molecule has 1 saturated heterocycles. The summed E-state index contributed by atoms with van der Waals surface area (Å²) < 4.78 is 37.8. The number of hydrogen-bond acceptors (Lipinski definition) is 6. The van der Waals surface area contributed by atoms with Crippen LogP contribution in [0.15, 0.2) is 47.4 Å². The van der Waals surface area contributed by atoms with Crippen LogP contribution in [0.3, 0.4) is 0 Å². The van der Waals surface area contributed by atoms with Crippen molar-refractivity contribution in [1.29, 1.82) is 0 Å². The minimum absolute atomic E-state index is 0.0287. The van der Waals surface area contributed by atoms with Gasteiger partial charge in [0.25, 0.3) is 11.8 Å². The van der Waals surface area contributed by atoms with Crippen LogP contribution >= 0.6 is 0 Å².